The topological polar surface area (TPSA) is 20.3 Å². The van der Waals surface area contributed by atoms with Crippen molar-refractivity contribution in [3.8, 4) is 0 Å². The Kier molecular flexibility index (Phi) is 2.45. The van der Waals surface area contributed by atoms with E-state index >= 15 is 0 Å². The van der Waals surface area contributed by atoms with E-state index in [1.807, 2.05) is 6.92 Å². The number of rotatable bonds is 1. The van der Waals surface area contributed by atoms with Crippen molar-refractivity contribution in [1.29, 1.82) is 0 Å². The van der Waals surface area contributed by atoms with Crippen molar-refractivity contribution in [2.45, 2.75) is 25.8 Å². The van der Waals surface area contributed by atoms with Crippen molar-refractivity contribution in [3.63, 3.8) is 0 Å². The number of carbonyl (C=O) groups excluding carboxylic acids is 1. The van der Waals surface area contributed by atoms with Crippen molar-refractivity contribution in [3.05, 3.63) is 11.6 Å². The normalized spacial score (nSPS) is 25.6. The summed E-state index contributed by atoms with van der Waals surface area (Å²) in [5, 5.41) is 0. The van der Waals surface area contributed by atoms with E-state index in [4.69, 9.17) is 0 Å². The van der Waals surface area contributed by atoms with Crippen LogP contribution in [0.15, 0.2) is 11.6 Å². The van der Waals surface area contributed by atoms with Gasteiger partial charge in [-0.15, -0.1) is 0 Å². The van der Waals surface area contributed by atoms with Crippen LogP contribution < -0.4 is 0 Å². The van der Waals surface area contributed by atoms with Gasteiger partial charge in [-0.1, -0.05) is 5.57 Å². The van der Waals surface area contributed by atoms with Crippen molar-refractivity contribution < 1.29 is 4.79 Å². The van der Waals surface area contributed by atoms with Gasteiger partial charge in [0.05, 0.1) is 0 Å². The zero-order chi connectivity index (χ0) is 8.43. The second-order valence-corrected chi connectivity index (χ2v) is 3.37. The van der Waals surface area contributed by atoms with E-state index in [9.17, 15) is 4.79 Å². The van der Waals surface area contributed by atoms with Crippen molar-refractivity contribution in [2.24, 2.45) is 0 Å². The zero-order valence-electron chi connectivity index (χ0n) is 7.42. The second-order valence-electron chi connectivity index (χ2n) is 3.37. The lowest BCUT2D eigenvalue weighted by Gasteiger charge is -2.27. The third-order valence-corrected chi connectivity index (χ3v) is 2.20. The smallest absolute Gasteiger partial charge is 0.155 e. The minimum Gasteiger partial charge on any atom is -0.303 e. The molecule has 0 fully saturated rings. The Bertz CT molecular complexity index is 194. The molecule has 0 amide bonds. The summed E-state index contributed by atoms with van der Waals surface area (Å²) in [7, 11) is 4.11. The summed E-state index contributed by atoms with van der Waals surface area (Å²) >= 11 is 0. The Morgan fingerprint density at radius 3 is 2.64 bits per heavy atom. The zero-order valence-corrected chi connectivity index (χ0v) is 7.42. The molecule has 0 aromatic carbocycles. The van der Waals surface area contributed by atoms with Crippen LogP contribution >= 0.6 is 0 Å². The predicted molar refractivity (Wildman–Crippen MR) is 45.5 cm³/mol. The van der Waals surface area contributed by atoms with Gasteiger partial charge in [0.15, 0.2) is 5.78 Å². The van der Waals surface area contributed by atoms with Crippen molar-refractivity contribution in [1.82, 2.24) is 4.90 Å². The van der Waals surface area contributed by atoms with Gasteiger partial charge >= 0.3 is 0 Å². The van der Waals surface area contributed by atoms with Crippen molar-refractivity contribution in [2.75, 3.05) is 14.1 Å². The van der Waals surface area contributed by atoms with Crippen LogP contribution in [0, 0.1) is 0 Å². The van der Waals surface area contributed by atoms with Gasteiger partial charge in [0.2, 0.25) is 0 Å². The third kappa shape index (κ3) is 1.90. The number of allylic oxidation sites excluding steroid dienone is 1. The maximum absolute atomic E-state index is 10.9. The fourth-order valence-electron chi connectivity index (χ4n) is 1.59. The molecule has 0 radical (unpaired) electrons. The van der Waals surface area contributed by atoms with E-state index in [-0.39, 0.29) is 5.78 Å². The highest BCUT2D eigenvalue weighted by Crippen LogP contribution is 2.18. The molecule has 11 heavy (non-hydrogen) atoms. The molecule has 0 aliphatic heterocycles. The first-order valence-corrected chi connectivity index (χ1v) is 3.98. The fourth-order valence-corrected chi connectivity index (χ4v) is 1.59. The minimum absolute atomic E-state index is 0.278. The Balaban J connectivity index is 2.72. The lowest BCUT2D eigenvalue weighted by molar-refractivity contribution is -0.115. The van der Waals surface area contributed by atoms with Gasteiger partial charge in [-0.05, 0) is 33.5 Å². The number of likely N-dealkylation sites (N-methyl/N-ethyl adjacent to an activating group) is 1. The minimum atomic E-state index is 0.278. The van der Waals surface area contributed by atoms with Crippen molar-refractivity contribution >= 4 is 5.78 Å². The molecule has 1 unspecified atom stereocenters. The Labute approximate surface area is 67.9 Å². The van der Waals surface area contributed by atoms with Gasteiger partial charge in [-0.25, -0.2) is 0 Å². The van der Waals surface area contributed by atoms with Gasteiger partial charge in [0.25, 0.3) is 0 Å². The molecule has 1 aliphatic rings. The van der Waals surface area contributed by atoms with E-state index < -0.39 is 0 Å². The highest BCUT2D eigenvalue weighted by Gasteiger charge is 2.19. The summed E-state index contributed by atoms with van der Waals surface area (Å²) in [6, 6.07) is 0.479. The Morgan fingerprint density at radius 2 is 2.18 bits per heavy atom. The van der Waals surface area contributed by atoms with Crippen LogP contribution in [0.25, 0.3) is 0 Å². The van der Waals surface area contributed by atoms with Crippen LogP contribution in [0.4, 0.5) is 0 Å². The van der Waals surface area contributed by atoms with E-state index in [0.29, 0.717) is 12.5 Å². The first kappa shape index (κ1) is 8.47. The predicted octanol–water partition coefficient (Wildman–Crippen LogP) is 1.23. The van der Waals surface area contributed by atoms with Gasteiger partial charge < -0.3 is 4.90 Å². The lowest BCUT2D eigenvalue weighted by atomic mass is 9.94. The first-order valence-electron chi connectivity index (χ1n) is 3.98. The van der Waals surface area contributed by atoms with E-state index in [1.54, 1.807) is 6.08 Å². The largest absolute Gasteiger partial charge is 0.303 e. The summed E-state index contributed by atoms with van der Waals surface area (Å²) in [4.78, 5) is 13.1. The Morgan fingerprint density at radius 1 is 1.55 bits per heavy atom. The van der Waals surface area contributed by atoms with Crippen LogP contribution in [-0.4, -0.2) is 30.8 Å². The molecule has 2 heteroatoms. The third-order valence-electron chi connectivity index (χ3n) is 2.20. The molecule has 0 bridgehead atoms. The number of nitrogens with zero attached hydrogens (tertiary/aromatic N) is 1. The summed E-state index contributed by atoms with van der Waals surface area (Å²) < 4.78 is 0. The molecular weight excluding hydrogens is 138 g/mol. The second kappa shape index (κ2) is 3.18. The maximum Gasteiger partial charge on any atom is 0.155 e. The average molecular weight is 153 g/mol. The molecule has 0 aromatic heterocycles. The van der Waals surface area contributed by atoms with Gasteiger partial charge in [0, 0.05) is 12.5 Å². The number of carbonyl (C=O) groups is 1. The summed E-state index contributed by atoms with van der Waals surface area (Å²) in [6.45, 7) is 2.03. The molecule has 1 atom stereocenters. The van der Waals surface area contributed by atoms with E-state index in [0.717, 1.165) is 6.42 Å². The molecule has 62 valence electrons. The highest BCUT2D eigenvalue weighted by molar-refractivity contribution is 5.91. The van der Waals surface area contributed by atoms with Crippen LogP contribution in [0.1, 0.15) is 19.8 Å². The SMILES string of the molecule is CC1=CC(=O)CCC1N(C)C. The molecule has 0 spiro atoms. The molecule has 0 N–H and O–H groups in total. The monoisotopic (exact) mass is 153 g/mol. The fraction of sp³-hybridized carbons (Fsp3) is 0.667. The van der Waals surface area contributed by atoms with Crippen LogP contribution in [0.2, 0.25) is 0 Å². The van der Waals surface area contributed by atoms with Gasteiger partial charge in [0.1, 0.15) is 0 Å². The molecular formula is C9H15NO. The molecule has 2 nitrogen and oxygen atoms in total. The Hall–Kier alpha value is -0.630. The number of hydrogen-bond donors (Lipinski definition) is 0. The first-order chi connectivity index (χ1) is 5.11. The summed E-state index contributed by atoms with van der Waals surface area (Å²) in [5.41, 5.74) is 1.20. The van der Waals surface area contributed by atoms with Gasteiger partial charge in [-0.2, -0.15) is 0 Å². The molecule has 1 aliphatic carbocycles. The number of ketones is 1. The van der Waals surface area contributed by atoms with Crippen LogP contribution in [0.3, 0.4) is 0 Å². The highest BCUT2D eigenvalue weighted by atomic mass is 16.1. The van der Waals surface area contributed by atoms with Crippen LogP contribution in [0.5, 0.6) is 0 Å². The quantitative estimate of drug-likeness (QED) is 0.564. The van der Waals surface area contributed by atoms with Gasteiger partial charge in [-0.3, -0.25) is 4.79 Å². The molecule has 0 saturated carbocycles. The van der Waals surface area contributed by atoms with Crippen LogP contribution in [-0.2, 0) is 4.79 Å². The molecule has 0 heterocycles. The molecule has 1 rings (SSSR count). The lowest BCUT2D eigenvalue weighted by Crippen LogP contribution is -2.32. The summed E-state index contributed by atoms with van der Waals surface area (Å²) in [6.07, 6.45) is 3.46. The average Bonchev–Trinajstić information content (AvgIpc) is 1.85. The molecule has 0 aromatic rings. The molecule has 0 saturated heterocycles. The maximum atomic E-state index is 10.9. The summed E-state index contributed by atoms with van der Waals surface area (Å²) in [5.74, 6) is 0.278. The number of hydrogen-bond acceptors (Lipinski definition) is 2. The van der Waals surface area contributed by atoms with E-state index in [1.165, 1.54) is 5.57 Å². The standard InChI is InChI=1S/C9H15NO/c1-7-6-8(11)4-5-9(7)10(2)3/h6,9H,4-5H2,1-3H3. The van der Waals surface area contributed by atoms with E-state index in [2.05, 4.69) is 19.0 Å².